The number of rotatable bonds is 13. The van der Waals surface area contributed by atoms with Crippen molar-refractivity contribution in [2.75, 3.05) is 0 Å². The molecule has 0 rings (SSSR count). The molecule has 0 bridgehead atoms. The van der Waals surface area contributed by atoms with Gasteiger partial charge < -0.3 is 37.0 Å². The quantitative estimate of drug-likeness (QED) is 0.174. The van der Waals surface area contributed by atoms with Crippen molar-refractivity contribution in [2.24, 2.45) is 11.7 Å². The zero-order valence-corrected chi connectivity index (χ0v) is 17.5. The highest BCUT2D eigenvalue weighted by Gasteiger charge is 2.32. The Morgan fingerprint density at radius 3 is 1.77 bits per heavy atom. The standard InChI is InChI=1S/C18H32N4O8/c1-8(2)7-12(21-15(26)9(3)19)16(27)22-14(10(4)23)17(28)20-11(18(29)30)5-6-13(24)25/h8-12,14,23H,5-7,19H2,1-4H3,(H,20,28)(H,21,26)(H,22,27)(H,24,25)(H,29,30). The molecule has 0 aromatic heterocycles. The Hall–Kier alpha value is -2.73. The number of carboxylic acids is 2. The van der Waals surface area contributed by atoms with E-state index in [1.165, 1.54) is 13.8 Å². The van der Waals surface area contributed by atoms with Gasteiger partial charge in [0.2, 0.25) is 17.7 Å². The number of carboxylic acid groups (broad SMARTS) is 2. The number of amides is 3. The van der Waals surface area contributed by atoms with Gasteiger partial charge in [-0.3, -0.25) is 19.2 Å². The molecule has 30 heavy (non-hydrogen) atoms. The Morgan fingerprint density at radius 1 is 0.833 bits per heavy atom. The number of aliphatic hydroxyl groups excluding tert-OH is 1. The zero-order valence-electron chi connectivity index (χ0n) is 17.5. The average molecular weight is 432 g/mol. The third-order valence-corrected chi connectivity index (χ3v) is 4.08. The monoisotopic (exact) mass is 432 g/mol. The highest BCUT2D eigenvalue weighted by molar-refractivity contribution is 5.94. The summed E-state index contributed by atoms with van der Waals surface area (Å²) in [7, 11) is 0. The second kappa shape index (κ2) is 12.8. The van der Waals surface area contributed by atoms with Crippen LogP contribution in [0.5, 0.6) is 0 Å². The molecule has 8 N–H and O–H groups in total. The molecule has 172 valence electrons. The minimum atomic E-state index is -1.52. The fourth-order valence-electron chi connectivity index (χ4n) is 2.45. The molecule has 0 radical (unpaired) electrons. The molecule has 0 heterocycles. The van der Waals surface area contributed by atoms with E-state index in [1.54, 1.807) is 0 Å². The van der Waals surface area contributed by atoms with Crippen LogP contribution in [0.25, 0.3) is 0 Å². The average Bonchev–Trinajstić information content (AvgIpc) is 2.60. The Morgan fingerprint density at radius 2 is 1.37 bits per heavy atom. The Kier molecular flexibility index (Phi) is 11.6. The van der Waals surface area contributed by atoms with Gasteiger partial charge in [0.15, 0.2) is 0 Å². The lowest BCUT2D eigenvalue weighted by Gasteiger charge is -2.27. The lowest BCUT2D eigenvalue weighted by molar-refractivity contribution is -0.144. The first-order valence-electron chi connectivity index (χ1n) is 9.55. The van der Waals surface area contributed by atoms with Crippen LogP contribution in [0.4, 0.5) is 0 Å². The van der Waals surface area contributed by atoms with E-state index in [9.17, 15) is 29.1 Å². The summed E-state index contributed by atoms with van der Waals surface area (Å²) in [5.74, 6) is -5.03. The molecule has 5 unspecified atom stereocenters. The molecule has 0 saturated heterocycles. The topological polar surface area (TPSA) is 208 Å². The van der Waals surface area contributed by atoms with Crippen molar-refractivity contribution < 1.29 is 39.3 Å². The van der Waals surface area contributed by atoms with Crippen LogP contribution >= 0.6 is 0 Å². The molecule has 0 aliphatic heterocycles. The molecule has 0 aromatic carbocycles. The lowest BCUT2D eigenvalue weighted by Crippen LogP contribution is -2.59. The van der Waals surface area contributed by atoms with Crippen molar-refractivity contribution in [1.29, 1.82) is 0 Å². The molecule has 5 atom stereocenters. The number of hydrogen-bond acceptors (Lipinski definition) is 7. The first kappa shape index (κ1) is 27.3. The summed E-state index contributed by atoms with van der Waals surface area (Å²) in [6, 6.07) is -4.93. The first-order chi connectivity index (χ1) is 13.8. The molecule has 0 aromatic rings. The molecule has 0 fully saturated rings. The molecule has 3 amide bonds. The van der Waals surface area contributed by atoms with Crippen molar-refractivity contribution in [1.82, 2.24) is 16.0 Å². The number of nitrogens with one attached hydrogen (secondary N) is 3. The van der Waals surface area contributed by atoms with Gasteiger partial charge in [-0.05, 0) is 32.6 Å². The predicted octanol–water partition coefficient (Wildman–Crippen LogP) is -1.84. The number of aliphatic hydroxyl groups is 1. The van der Waals surface area contributed by atoms with Gasteiger partial charge in [-0.2, -0.15) is 0 Å². The summed E-state index contributed by atoms with van der Waals surface area (Å²) >= 11 is 0. The van der Waals surface area contributed by atoms with Gasteiger partial charge >= 0.3 is 11.9 Å². The fourth-order valence-corrected chi connectivity index (χ4v) is 2.45. The first-order valence-corrected chi connectivity index (χ1v) is 9.55. The van der Waals surface area contributed by atoms with Crippen molar-refractivity contribution in [2.45, 2.75) is 77.2 Å². The minimum absolute atomic E-state index is 0.000340. The molecule has 0 aliphatic carbocycles. The van der Waals surface area contributed by atoms with Gasteiger partial charge in [-0.1, -0.05) is 13.8 Å². The molecule has 0 spiro atoms. The van der Waals surface area contributed by atoms with Crippen molar-refractivity contribution in [3.8, 4) is 0 Å². The van der Waals surface area contributed by atoms with E-state index in [4.69, 9.17) is 15.9 Å². The fraction of sp³-hybridized carbons (Fsp3) is 0.722. The summed E-state index contributed by atoms with van der Waals surface area (Å²) in [6.07, 6.45) is -2.04. The maximum absolute atomic E-state index is 12.6. The normalized spacial score (nSPS) is 16.0. The Labute approximate surface area is 174 Å². The third-order valence-electron chi connectivity index (χ3n) is 4.08. The smallest absolute Gasteiger partial charge is 0.326 e. The van der Waals surface area contributed by atoms with Gasteiger partial charge in [-0.15, -0.1) is 0 Å². The molecule has 12 nitrogen and oxygen atoms in total. The van der Waals surface area contributed by atoms with Gasteiger partial charge in [-0.25, -0.2) is 4.79 Å². The Balaban J connectivity index is 5.34. The number of carbonyl (C=O) groups excluding carboxylic acids is 3. The van der Waals surface area contributed by atoms with Crippen LogP contribution in [0.1, 0.15) is 47.0 Å². The predicted molar refractivity (Wildman–Crippen MR) is 105 cm³/mol. The van der Waals surface area contributed by atoms with Crippen LogP contribution in [0, 0.1) is 5.92 Å². The SMILES string of the molecule is CC(C)CC(NC(=O)C(C)N)C(=O)NC(C(=O)NC(CCC(=O)O)C(=O)O)C(C)O. The second-order valence-corrected chi connectivity index (χ2v) is 7.54. The van der Waals surface area contributed by atoms with Crippen LogP contribution in [-0.4, -0.2) is 75.3 Å². The van der Waals surface area contributed by atoms with E-state index >= 15 is 0 Å². The number of hydrogen-bond donors (Lipinski definition) is 7. The van der Waals surface area contributed by atoms with E-state index in [0.29, 0.717) is 0 Å². The summed E-state index contributed by atoms with van der Waals surface area (Å²) in [5.41, 5.74) is 5.50. The van der Waals surface area contributed by atoms with Crippen LogP contribution in [-0.2, 0) is 24.0 Å². The maximum Gasteiger partial charge on any atom is 0.326 e. The van der Waals surface area contributed by atoms with E-state index < -0.39 is 66.4 Å². The highest BCUT2D eigenvalue weighted by atomic mass is 16.4. The summed E-state index contributed by atoms with van der Waals surface area (Å²) < 4.78 is 0. The zero-order chi connectivity index (χ0) is 23.6. The molecule has 12 heteroatoms. The maximum atomic E-state index is 12.6. The van der Waals surface area contributed by atoms with Crippen LogP contribution < -0.4 is 21.7 Å². The summed E-state index contributed by atoms with van der Waals surface area (Å²) in [5, 5.41) is 34.7. The van der Waals surface area contributed by atoms with E-state index in [-0.39, 0.29) is 18.8 Å². The second-order valence-electron chi connectivity index (χ2n) is 7.54. The van der Waals surface area contributed by atoms with Gasteiger partial charge in [0.25, 0.3) is 0 Å². The largest absolute Gasteiger partial charge is 0.481 e. The van der Waals surface area contributed by atoms with Gasteiger partial charge in [0.1, 0.15) is 18.1 Å². The number of nitrogens with two attached hydrogens (primary N) is 1. The third kappa shape index (κ3) is 10.2. The van der Waals surface area contributed by atoms with E-state index in [2.05, 4.69) is 16.0 Å². The van der Waals surface area contributed by atoms with Crippen LogP contribution in [0.15, 0.2) is 0 Å². The molecule has 0 aliphatic rings. The van der Waals surface area contributed by atoms with Crippen molar-refractivity contribution >= 4 is 29.7 Å². The van der Waals surface area contributed by atoms with Gasteiger partial charge in [0, 0.05) is 6.42 Å². The van der Waals surface area contributed by atoms with Crippen LogP contribution in [0.2, 0.25) is 0 Å². The number of carbonyl (C=O) groups is 5. The van der Waals surface area contributed by atoms with Crippen LogP contribution in [0.3, 0.4) is 0 Å². The summed E-state index contributed by atoms with van der Waals surface area (Å²) in [6.45, 7) is 6.29. The van der Waals surface area contributed by atoms with E-state index in [0.717, 1.165) is 0 Å². The van der Waals surface area contributed by atoms with E-state index in [1.807, 2.05) is 13.8 Å². The number of aliphatic carboxylic acids is 2. The molecule has 0 saturated carbocycles. The molecular formula is C18H32N4O8. The Bertz CT molecular complexity index is 636. The van der Waals surface area contributed by atoms with Crippen molar-refractivity contribution in [3.05, 3.63) is 0 Å². The molecular weight excluding hydrogens is 400 g/mol. The minimum Gasteiger partial charge on any atom is -0.481 e. The van der Waals surface area contributed by atoms with Crippen molar-refractivity contribution in [3.63, 3.8) is 0 Å². The van der Waals surface area contributed by atoms with Gasteiger partial charge in [0.05, 0.1) is 12.1 Å². The lowest BCUT2D eigenvalue weighted by atomic mass is 10.0. The highest BCUT2D eigenvalue weighted by Crippen LogP contribution is 2.07. The summed E-state index contributed by atoms with van der Waals surface area (Å²) in [4.78, 5) is 58.9.